The lowest BCUT2D eigenvalue weighted by Crippen LogP contribution is -2.42. The van der Waals surface area contributed by atoms with E-state index in [-0.39, 0.29) is 5.91 Å². The Balaban J connectivity index is 1.51. The van der Waals surface area contributed by atoms with Gasteiger partial charge in [0.2, 0.25) is 5.91 Å². The Morgan fingerprint density at radius 2 is 2.04 bits per heavy atom. The summed E-state index contributed by atoms with van der Waals surface area (Å²) in [5.41, 5.74) is 0.928. The van der Waals surface area contributed by atoms with Gasteiger partial charge in [-0.05, 0) is 49.1 Å². The molecule has 1 aromatic heterocycles. The van der Waals surface area contributed by atoms with E-state index in [0.29, 0.717) is 24.3 Å². The Bertz CT molecular complexity index is 680. The number of benzene rings is 1. The van der Waals surface area contributed by atoms with Crippen molar-refractivity contribution < 1.29 is 9.32 Å². The maximum absolute atomic E-state index is 11.5. The van der Waals surface area contributed by atoms with Crippen LogP contribution in [0, 0.1) is 5.92 Å². The van der Waals surface area contributed by atoms with Gasteiger partial charge < -0.3 is 14.7 Å². The monoisotopic (exact) mass is 343 g/mol. The van der Waals surface area contributed by atoms with Crippen molar-refractivity contribution in [3.05, 3.63) is 30.3 Å². The molecule has 1 aromatic carbocycles. The molecule has 7 heteroatoms. The average Bonchev–Trinajstić information content (AvgIpc) is 3.14. The largest absolute Gasteiger partial charge is 0.358 e. The van der Waals surface area contributed by atoms with Crippen LogP contribution in [0.2, 0.25) is 0 Å². The van der Waals surface area contributed by atoms with E-state index >= 15 is 0 Å². The van der Waals surface area contributed by atoms with Crippen LogP contribution in [-0.2, 0) is 4.79 Å². The van der Waals surface area contributed by atoms with Crippen molar-refractivity contribution >= 4 is 11.9 Å². The molecule has 134 valence electrons. The molecule has 0 radical (unpaired) electrons. The summed E-state index contributed by atoms with van der Waals surface area (Å²) in [5, 5.41) is 6.78. The van der Waals surface area contributed by atoms with Crippen molar-refractivity contribution in [3.63, 3.8) is 0 Å². The topological polar surface area (TPSA) is 74.5 Å². The van der Waals surface area contributed by atoms with Gasteiger partial charge in [0.15, 0.2) is 0 Å². The van der Waals surface area contributed by atoms with Crippen LogP contribution in [0.1, 0.15) is 12.8 Å². The normalized spacial score (nSPS) is 15.9. The number of anilines is 1. The highest BCUT2D eigenvalue weighted by Crippen LogP contribution is 2.22. The highest BCUT2D eigenvalue weighted by Gasteiger charge is 2.23. The predicted octanol–water partition coefficient (Wildman–Crippen LogP) is 1.63. The van der Waals surface area contributed by atoms with E-state index in [4.69, 9.17) is 4.52 Å². The number of nitrogens with one attached hydrogen (secondary N) is 1. The second kappa shape index (κ2) is 8.11. The molecule has 0 bridgehead atoms. The maximum atomic E-state index is 11.5. The number of rotatable bonds is 6. The van der Waals surface area contributed by atoms with E-state index in [0.717, 1.165) is 38.0 Å². The minimum Gasteiger partial charge on any atom is -0.358 e. The molecule has 1 saturated heterocycles. The summed E-state index contributed by atoms with van der Waals surface area (Å²) in [6.45, 7) is 3.28. The molecule has 0 spiro atoms. The molecule has 0 unspecified atom stereocenters. The van der Waals surface area contributed by atoms with E-state index < -0.39 is 0 Å². The van der Waals surface area contributed by atoms with Crippen LogP contribution in [0.25, 0.3) is 11.5 Å². The number of aromatic nitrogens is 2. The summed E-state index contributed by atoms with van der Waals surface area (Å²) >= 11 is 0. The van der Waals surface area contributed by atoms with Crippen LogP contribution in [0.3, 0.4) is 0 Å². The molecule has 3 rings (SSSR count). The smallest absolute Gasteiger partial charge is 0.266 e. The fourth-order valence-electron chi connectivity index (χ4n) is 3.15. The zero-order valence-corrected chi connectivity index (χ0v) is 14.8. The molecule has 1 N–H and O–H groups in total. The second-order valence-electron chi connectivity index (χ2n) is 6.54. The molecule has 1 aliphatic rings. The molecule has 0 saturated carbocycles. The van der Waals surface area contributed by atoms with Crippen LogP contribution in [0.4, 0.5) is 5.95 Å². The number of carbonyl (C=O) groups is 1. The van der Waals surface area contributed by atoms with Gasteiger partial charge in [-0.3, -0.25) is 9.69 Å². The maximum Gasteiger partial charge on any atom is 0.266 e. The molecule has 0 atom stereocenters. The van der Waals surface area contributed by atoms with Gasteiger partial charge in [0.05, 0.1) is 6.54 Å². The molecule has 1 fully saturated rings. The highest BCUT2D eigenvalue weighted by molar-refractivity contribution is 5.77. The Hall–Kier alpha value is -2.41. The number of piperidine rings is 1. The van der Waals surface area contributed by atoms with Crippen LogP contribution in [0.15, 0.2) is 34.9 Å². The molecule has 2 aromatic rings. The molecular formula is C18H25N5O2. The SMILES string of the molecule is CNC(=O)CN1CCC(CN(C)c2noc(-c3ccccc3)n2)CC1. The average molecular weight is 343 g/mol. The Morgan fingerprint density at radius 1 is 1.32 bits per heavy atom. The first kappa shape index (κ1) is 17.4. The Labute approximate surface area is 148 Å². The Morgan fingerprint density at radius 3 is 2.72 bits per heavy atom. The zero-order chi connectivity index (χ0) is 17.6. The van der Waals surface area contributed by atoms with Gasteiger partial charge in [0.1, 0.15) is 0 Å². The third-order valence-electron chi connectivity index (χ3n) is 4.66. The van der Waals surface area contributed by atoms with Crippen molar-refractivity contribution in [3.8, 4) is 11.5 Å². The first-order valence-corrected chi connectivity index (χ1v) is 8.69. The van der Waals surface area contributed by atoms with Crippen LogP contribution in [-0.4, -0.2) is 61.2 Å². The minimum absolute atomic E-state index is 0.0795. The van der Waals surface area contributed by atoms with Gasteiger partial charge in [-0.2, -0.15) is 4.98 Å². The van der Waals surface area contributed by atoms with Crippen molar-refractivity contribution in [1.82, 2.24) is 20.4 Å². The standard InChI is InChI=1S/C18H25N5O2/c1-19-16(24)13-23-10-8-14(9-11-23)12-22(2)18-20-17(25-21-18)15-6-4-3-5-7-15/h3-7,14H,8-13H2,1-2H3,(H,19,24). The molecular weight excluding hydrogens is 318 g/mol. The lowest BCUT2D eigenvalue weighted by molar-refractivity contribution is -0.122. The fourth-order valence-corrected chi connectivity index (χ4v) is 3.15. The van der Waals surface area contributed by atoms with Gasteiger partial charge >= 0.3 is 0 Å². The van der Waals surface area contributed by atoms with E-state index in [2.05, 4.69) is 25.3 Å². The van der Waals surface area contributed by atoms with Gasteiger partial charge in [0, 0.05) is 26.2 Å². The number of nitrogens with zero attached hydrogens (tertiary/aromatic N) is 4. The van der Waals surface area contributed by atoms with Gasteiger partial charge in [-0.1, -0.05) is 18.2 Å². The molecule has 7 nitrogen and oxygen atoms in total. The predicted molar refractivity (Wildman–Crippen MR) is 96.2 cm³/mol. The molecule has 0 aliphatic carbocycles. The number of likely N-dealkylation sites (N-methyl/N-ethyl adjacent to an activating group) is 1. The highest BCUT2D eigenvalue weighted by atomic mass is 16.5. The summed E-state index contributed by atoms with van der Waals surface area (Å²) in [7, 11) is 3.68. The summed E-state index contributed by atoms with van der Waals surface area (Å²) in [6.07, 6.45) is 2.15. The molecule has 2 heterocycles. The summed E-state index contributed by atoms with van der Waals surface area (Å²) in [4.78, 5) is 20.2. The van der Waals surface area contributed by atoms with Crippen LogP contribution < -0.4 is 10.2 Å². The fraction of sp³-hybridized carbons (Fsp3) is 0.500. The molecule has 1 amide bonds. The van der Waals surface area contributed by atoms with Crippen molar-refractivity contribution in [1.29, 1.82) is 0 Å². The van der Waals surface area contributed by atoms with Crippen molar-refractivity contribution in [2.45, 2.75) is 12.8 Å². The van der Waals surface area contributed by atoms with Crippen LogP contribution in [0.5, 0.6) is 0 Å². The van der Waals surface area contributed by atoms with Crippen LogP contribution >= 0.6 is 0 Å². The quantitative estimate of drug-likeness (QED) is 0.859. The van der Waals surface area contributed by atoms with Gasteiger partial charge in [0.25, 0.3) is 11.8 Å². The second-order valence-corrected chi connectivity index (χ2v) is 6.54. The number of carbonyl (C=O) groups excluding carboxylic acids is 1. The van der Waals surface area contributed by atoms with Gasteiger partial charge in [-0.25, -0.2) is 0 Å². The van der Waals surface area contributed by atoms with E-state index in [1.54, 1.807) is 7.05 Å². The number of likely N-dealkylation sites (tertiary alicyclic amines) is 1. The first-order chi connectivity index (χ1) is 12.2. The molecule has 1 aliphatic heterocycles. The lowest BCUT2D eigenvalue weighted by atomic mass is 9.96. The number of hydrogen-bond donors (Lipinski definition) is 1. The van der Waals surface area contributed by atoms with E-state index in [1.165, 1.54) is 0 Å². The molecule has 25 heavy (non-hydrogen) atoms. The third kappa shape index (κ3) is 4.57. The van der Waals surface area contributed by atoms with Crippen molar-refractivity contribution in [2.24, 2.45) is 5.92 Å². The van der Waals surface area contributed by atoms with E-state index in [1.807, 2.05) is 37.4 Å². The minimum atomic E-state index is 0.0795. The Kier molecular flexibility index (Phi) is 5.65. The summed E-state index contributed by atoms with van der Waals surface area (Å²) < 4.78 is 5.38. The summed E-state index contributed by atoms with van der Waals surface area (Å²) in [6, 6.07) is 9.79. The van der Waals surface area contributed by atoms with Gasteiger partial charge in [-0.15, -0.1) is 0 Å². The number of hydrogen-bond acceptors (Lipinski definition) is 6. The lowest BCUT2D eigenvalue weighted by Gasteiger charge is -2.33. The zero-order valence-electron chi connectivity index (χ0n) is 14.8. The summed E-state index contributed by atoms with van der Waals surface area (Å²) in [5.74, 6) is 1.81. The van der Waals surface area contributed by atoms with E-state index in [9.17, 15) is 4.79 Å². The number of amides is 1. The first-order valence-electron chi connectivity index (χ1n) is 8.69. The third-order valence-corrected chi connectivity index (χ3v) is 4.66. The van der Waals surface area contributed by atoms with Crippen molar-refractivity contribution in [2.75, 3.05) is 45.2 Å².